The van der Waals surface area contributed by atoms with Gasteiger partial charge in [0.05, 0.1) is 43.3 Å². The summed E-state index contributed by atoms with van der Waals surface area (Å²) in [5.41, 5.74) is 2.04. The van der Waals surface area contributed by atoms with Gasteiger partial charge in [-0.3, -0.25) is 9.78 Å². The Balaban J connectivity index is 1.49. The molecule has 10 nitrogen and oxygen atoms in total. The maximum atomic E-state index is 13.6. The van der Waals surface area contributed by atoms with Crippen LogP contribution in [0.15, 0.2) is 84.0 Å². The molecule has 0 radical (unpaired) electrons. The van der Waals surface area contributed by atoms with Crippen molar-refractivity contribution in [1.29, 1.82) is 0 Å². The van der Waals surface area contributed by atoms with Crippen molar-refractivity contribution in [3.8, 4) is 23.2 Å². The second kappa shape index (κ2) is 11.1. The lowest BCUT2D eigenvalue weighted by Crippen LogP contribution is -2.44. The number of methoxy groups -OCH3 is 2. The molecular formula is C31H27N5O5. The van der Waals surface area contributed by atoms with Gasteiger partial charge >= 0.3 is 0 Å². The number of ether oxygens (including phenoxy) is 3. The number of fused-ring (bicyclic) bond motifs is 2. The van der Waals surface area contributed by atoms with Gasteiger partial charge in [0.15, 0.2) is 17.3 Å². The number of nitrogens with zero attached hydrogens (tertiary/aromatic N) is 4. The van der Waals surface area contributed by atoms with Gasteiger partial charge in [-0.15, -0.1) is 5.10 Å². The number of nitrogens with one attached hydrogen (secondary N) is 1. The fraction of sp³-hybridized carbons (Fsp3) is 0.161. The fourth-order valence-corrected chi connectivity index (χ4v) is 4.85. The SMILES string of the molecule is COc1cc2c(cc1OC)=C(c1ccnc(-n3nc(OCc4cccnc4)c4ccccc4c3=O)c1)N[C@H](CO)C=2. The highest BCUT2D eigenvalue weighted by Gasteiger charge is 2.19. The standard InChI is InChI=1S/C31H27N5O5/c1-39-26-13-21-12-22(17-37)34-29(25(21)15-27(26)40-2)20-9-11-33-28(14-20)36-31(38)24-8-4-3-7-23(24)30(35-36)41-18-19-6-5-10-32-16-19/h3-16,22,34,37H,17-18H2,1-2H3/t22-/m0/s1. The van der Waals surface area contributed by atoms with Crippen LogP contribution in [0.4, 0.5) is 0 Å². The van der Waals surface area contributed by atoms with Gasteiger partial charge in [-0.1, -0.05) is 24.3 Å². The summed E-state index contributed by atoms with van der Waals surface area (Å²) < 4.78 is 18.4. The smallest absolute Gasteiger partial charge is 0.281 e. The Labute approximate surface area is 234 Å². The summed E-state index contributed by atoms with van der Waals surface area (Å²) in [7, 11) is 3.16. The van der Waals surface area contributed by atoms with E-state index in [1.807, 2.05) is 48.5 Å². The van der Waals surface area contributed by atoms with Crippen molar-refractivity contribution in [1.82, 2.24) is 25.1 Å². The van der Waals surface area contributed by atoms with E-state index in [0.29, 0.717) is 34.0 Å². The van der Waals surface area contributed by atoms with Crippen molar-refractivity contribution in [3.05, 3.63) is 111 Å². The van der Waals surface area contributed by atoms with E-state index >= 15 is 0 Å². The van der Waals surface area contributed by atoms with E-state index < -0.39 is 0 Å². The lowest BCUT2D eigenvalue weighted by atomic mass is 10.0. The number of rotatable bonds is 8. The molecule has 6 rings (SSSR count). The van der Waals surface area contributed by atoms with E-state index in [1.165, 1.54) is 4.68 Å². The molecule has 5 aromatic rings. The van der Waals surface area contributed by atoms with Gasteiger partial charge in [0.2, 0.25) is 5.88 Å². The highest BCUT2D eigenvalue weighted by atomic mass is 16.5. The van der Waals surface area contributed by atoms with Gasteiger partial charge in [0.1, 0.15) is 6.61 Å². The van der Waals surface area contributed by atoms with E-state index in [2.05, 4.69) is 20.4 Å². The topological polar surface area (TPSA) is 121 Å². The molecule has 0 aliphatic carbocycles. The van der Waals surface area contributed by atoms with Crippen LogP contribution >= 0.6 is 0 Å². The largest absolute Gasteiger partial charge is 0.493 e. The van der Waals surface area contributed by atoms with E-state index in [0.717, 1.165) is 27.3 Å². The van der Waals surface area contributed by atoms with Gasteiger partial charge in [0, 0.05) is 34.9 Å². The third-order valence-electron chi connectivity index (χ3n) is 6.85. The van der Waals surface area contributed by atoms with Crippen LogP contribution in [0.1, 0.15) is 11.1 Å². The molecule has 1 atom stereocenters. The predicted octanol–water partition coefficient (Wildman–Crippen LogP) is 1.67. The van der Waals surface area contributed by atoms with Crippen molar-refractivity contribution in [2.24, 2.45) is 0 Å². The minimum atomic E-state index is -0.332. The van der Waals surface area contributed by atoms with Crippen molar-refractivity contribution in [3.63, 3.8) is 0 Å². The summed E-state index contributed by atoms with van der Waals surface area (Å²) in [6, 6.07) is 18.0. The first-order valence-electron chi connectivity index (χ1n) is 13.0. The van der Waals surface area contributed by atoms with Crippen molar-refractivity contribution in [2.45, 2.75) is 12.6 Å². The summed E-state index contributed by atoms with van der Waals surface area (Å²) in [4.78, 5) is 22.2. The Morgan fingerprint density at radius 1 is 0.976 bits per heavy atom. The van der Waals surface area contributed by atoms with Gasteiger partial charge in [-0.25, -0.2) is 4.98 Å². The Hall–Kier alpha value is -5.22. The number of pyridine rings is 2. The number of aromatic nitrogens is 4. The van der Waals surface area contributed by atoms with Crippen LogP contribution in [0, 0.1) is 0 Å². The van der Waals surface area contributed by atoms with Crippen LogP contribution in [-0.2, 0) is 6.61 Å². The second-order valence-electron chi connectivity index (χ2n) is 9.39. The van der Waals surface area contributed by atoms with E-state index in [9.17, 15) is 9.90 Å². The molecule has 0 bridgehead atoms. The molecule has 2 aromatic carbocycles. The molecule has 10 heteroatoms. The number of hydrogen-bond acceptors (Lipinski definition) is 9. The zero-order chi connectivity index (χ0) is 28.3. The molecule has 1 aliphatic rings. The van der Waals surface area contributed by atoms with E-state index in [1.54, 1.807) is 51.0 Å². The van der Waals surface area contributed by atoms with Gasteiger partial charge < -0.3 is 24.6 Å². The van der Waals surface area contributed by atoms with Crippen LogP contribution in [-0.4, -0.2) is 51.7 Å². The molecule has 4 heterocycles. The molecule has 41 heavy (non-hydrogen) atoms. The summed E-state index contributed by atoms with van der Waals surface area (Å²) >= 11 is 0. The molecule has 0 saturated carbocycles. The second-order valence-corrected chi connectivity index (χ2v) is 9.39. The molecule has 206 valence electrons. The quantitative estimate of drug-likeness (QED) is 0.298. The van der Waals surface area contributed by atoms with E-state index in [4.69, 9.17) is 14.2 Å². The van der Waals surface area contributed by atoms with Crippen LogP contribution < -0.4 is 35.5 Å². The van der Waals surface area contributed by atoms with Crippen molar-refractivity contribution in [2.75, 3.05) is 20.8 Å². The summed E-state index contributed by atoms with van der Waals surface area (Å²) in [6.07, 6.45) is 6.97. The summed E-state index contributed by atoms with van der Waals surface area (Å²) in [5, 5.41) is 20.7. The normalized spacial score (nSPS) is 14.1. The lowest BCUT2D eigenvalue weighted by Gasteiger charge is -2.22. The first kappa shape index (κ1) is 26.0. The van der Waals surface area contributed by atoms with Crippen molar-refractivity contribution >= 4 is 22.5 Å². The monoisotopic (exact) mass is 549 g/mol. The first-order chi connectivity index (χ1) is 20.1. The zero-order valence-electron chi connectivity index (χ0n) is 22.4. The Morgan fingerprint density at radius 3 is 2.54 bits per heavy atom. The number of benzene rings is 2. The predicted molar refractivity (Wildman–Crippen MR) is 153 cm³/mol. The van der Waals surface area contributed by atoms with Crippen molar-refractivity contribution < 1.29 is 19.3 Å². The molecule has 0 spiro atoms. The summed E-state index contributed by atoms with van der Waals surface area (Å²) in [5.74, 6) is 1.77. The van der Waals surface area contributed by atoms with Gasteiger partial charge in [0.25, 0.3) is 5.56 Å². The maximum absolute atomic E-state index is 13.6. The summed E-state index contributed by atoms with van der Waals surface area (Å²) in [6.45, 7) is 0.123. The Morgan fingerprint density at radius 2 is 1.78 bits per heavy atom. The molecule has 0 amide bonds. The molecule has 0 saturated heterocycles. The number of aliphatic hydroxyl groups excluding tert-OH is 1. The van der Waals surface area contributed by atoms with Gasteiger partial charge in [-0.05, 0) is 47.7 Å². The van der Waals surface area contributed by atoms with Crippen LogP contribution in [0.3, 0.4) is 0 Å². The third-order valence-corrected chi connectivity index (χ3v) is 6.85. The molecule has 0 fully saturated rings. The number of aliphatic hydroxyl groups is 1. The Bertz CT molecular complexity index is 1920. The minimum Gasteiger partial charge on any atom is -0.493 e. The average Bonchev–Trinajstić information content (AvgIpc) is 3.03. The molecule has 2 N–H and O–H groups in total. The molecular weight excluding hydrogens is 522 g/mol. The van der Waals surface area contributed by atoms with E-state index in [-0.39, 0.29) is 24.8 Å². The lowest BCUT2D eigenvalue weighted by molar-refractivity contribution is 0.279. The minimum absolute atomic E-state index is 0.113. The average molecular weight is 550 g/mol. The van der Waals surface area contributed by atoms with Gasteiger partial charge in [-0.2, -0.15) is 4.68 Å². The molecule has 0 unspecified atom stereocenters. The van der Waals surface area contributed by atoms with Crippen LogP contribution in [0.25, 0.3) is 28.4 Å². The van der Waals surface area contributed by atoms with Crippen LogP contribution in [0.5, 0.6) is 17.4 Å². The fourth-order valence-electron chi connectivity index (χ4n) is 4.85. The number of hydrogen-bond donors (Lipinski definition) is 2. The first-order valence-corrected chi connectivity index (χ1v) is 13.0. The highest BCUT2D eigenvalue weighted by Crippen LogP contribution is 2.25. The third kappa shape index (κ3) is 4.96. The Kier molecular flexibility index (Phi) is 7.05. The maximum Gasteiger partial charge on any atom is 0.281 e. The molecule has 3 aromatic heterocycles. The molecule has 1 aliphatic heterocycles. The van der Waals surface area contributed by atoms with Crippen LogP contribution in [0.2, 0.25) is 0 Å². The highest BCUT2D eigenvalue weighted by molar-refractivity contribution is 5.86. The zero-order valence-corrected chi connectivity index (χ0v) is 22.4.